The summed E-state index contributed by atoms with van der Waals surface area (Å²) in [6.07, 6.45) is 0. The quantitative estimate of drug-likeness (QED) is 0.648. The molecule has 0 amide bonds. The van der Waals surface area contributed by atoms with Gasteiger partial charge in [-0.2, -0.15) is 0 Å². The molecule has 0 fully saturated rings. The van der Waals surface area contributed by atoms with Crippen LogP contribution >= 0.6 is 11.5 Å². The summed E-state index contributed by atoms with van der Waals surface area (Å²) in [6.45, 7) is 1.15. The zero-order valence-corrected chi connectivity index (χ0v) is 13.0. The Morgan fingerprint density at radius 3 is 2.09 bits per heavy atom. The number of rotatable bonds is 6. The highest BCUT2D eigenvalue weighted by atomic mass is 32.1. The van der Waals surface area contributed by atoms with Crippen molar-refractivity contribution in [1.82, 2.24) is 9.59 Å². The highest BCUT2D eigenvalue weighted by Gasteiger charge is 2.03. The predicted molar refractivity (Wildman–Crippen MR) is 88.2 cm³/mol. The lowest BCUT2D eigenvalue weighted by molar-refractivity contribution is 0.146. The van der Waals surface area contributed by atoms with Crippen molar-refractivity contribution in [1.29, 1.82) is 0 Å². The van der Waals surface area contributed by atoms with Crippen molar-refractivity contribution >= 4 is 11.5 Å². The normalized spacial score (nSPS) is 10.6. The van der Waals surface area contributed by atoms with Crippen molar-refractivity contribution in [3.05, 3.63) is 53.9 Å². The van der Waals surface area contributed by atoms with Crippen LogP contribution < -0.4 is 4.74 Å². The molecule has 5 heteroatoms. The molecular weight excluding hydrogens is 296 g/mol. The van der Waals surface area contributed by atoms with Gasteiger partial charge in [-0.05, 0) is 34.8 Å². The number of benzene rings is 2. The molecule has 0 unspecified atom stereocenters. The van der Waals surface area contributed by atoms with Gasteiger partial charge in [0.15, 0.2) is 0 Å². The Morgan fingerprint density at radius 1 is 0.864 bits per heavy atom. The minimum atomic E-state index is 0.562. The van der Waals surface area contributed by atoms with E-state index in [4.69, 9.17) is 9.47 Å². The van der Waals surface area contributed by atoms with E-state index in [1.54, 1.807) is 7.11 Å². The van der Waals surface area contributed by atoms with Crippen LogP contribution in [0.3, 0.4) is 0 Å². The van der Waals surface area contributed by atoms with Crippen LogP contribution in [0.4, 0.5) is 0 Å². The van der Waals surface area contributed by atoms with Crippen molar-refractivity contribution in [3.63, 3.8) is 0 Å². The zero-order chi connectivity index (χ0) is 15.2. The topological polar surface area (TPSA) is 44.2 Å². The fourth-order valence-electron chi connectivity index (χ4n) is 2.11. The van der Waals surface area contributed by atoms with Crippen molar-refractivity contribution in [2.75, 3.05) is 20.3 Å². The highest BCUT2D eigenvalue weighted by molar-refractivity contribution is 7.03. The summed E-state index contributed by atoms with van der Waals surface area (Å²) in [5.74, 6) is 0.853. The molecule has 1 heterocycles. The molecule has 0 atom stereocenters. The van der Waals surface area contributed by atoms with Gasteiger partial charge in [0.05, 0.1) is 6.61 Å². The van der Waals surface area contributed by atoms with E-state index in [0.29, 0.717) is 13.2 Å². The van der Waals surface area contributed by atoms with Crippen LogP contribution in [-0.2, 0) is 4.74 Å². The van der Waals surface area contributed by atoms with E-state index in [1.165, 1.54) is 11.5 Å². The van der Waals surface area contributed by atoms with E-state index in [1.807, 2.05) is 17.5 Å². The molecule has 0 aliphatic rings. The van der Waals surface area contributed by atoms with Crippen LogP contribution in [0.2, 0.25) is 0 Å². The molecule has 0 N–H and O–H groups in total. The van der Waals surface area contributed by atoms with Gasteiger partial charge in [-0.1, -0.05) is 40.9 Å². The predicted octanol–water partition coefficient (Wildman–Crippen LogP) is 3.90. The van der Waals surface area contributed by atoms with Crippen molar-refractivity contribution in [3.8, 4) is 28.1 Å². The number of hydrogen-bond acceptors (Lipinski definition) is 5. The van der Waals surface area contributed by atoms with Crippen LogP contribution in [-0.4, -0.2) is 29.9 Å². The van der Waals surface area contributed by atoms with Crippen LogP contribution in [0.25, 0.3) is 22.4 Å². The molecule has 0 radical (unpaired) electrons. The average molecular weight is 312 g/mol. The molecule has 22 heavy (non-hydrogen) atoms. The highest BCUT2D eigenvalue weighted by Crippen LogP contribution is 2.25. The number of nitrogens with zero attached hydrogens (tertiary/aromatic N) is 2. The third-order valence-electron chi connectivity index (χ3n) is 3.28. The molecule has 0 aliphatic heterocycles. The van der Waals surface area contributed by atoms with Crippen LogP contribution in [0, 0.1) is 0 Å². The van der Waals surface area contributed by atoms with Gasteiger partial charge < -0.3 is 9.47 Å². The lowest BCUT2D eigenvalue weighted by atomic mass is 10.0. The molecule has 0 aliphatic carbocycles. The van der Waals surface area contributed by atoms with Gasteiger partial charge in [0.2, 0.25) is 0 Å². The van der Waals surface area contributed by atoms with Gasteiger partial charge in [0.25, 0.3) is 0 Å². The number of hydrogen-bond donors (Lipinski definition) is 0. The monoisotopic (exact) mass is 312 g/mol. The minimum Gasteiger partial charge on any atom is -0.491 e. The summed E-state index contributed by atoms with van der Waals surface area (Å²) in [7, 11) is 1.66. The molecule has 0 bridgehead atoms. The molecular formula is C17H16N2O2S. The van der Waals surface area contributed by atoms with Crippen LogP contribution in [0.15, 0.2) is 53.9 Å². The Labute approximate surface area is 133 Å². The Balaban J connectivity index is 1.71. The van der Waals surface area contributed by atoms with E-state index < -0.39 is 0 Å². The Bertz CT molecular complexity index is 695. The second-order valence-corrected chi connectivity index (χ2v) is 5.34. The summed E-state index contributed by atoms with van der Waals surface area (Å²) in [6, 6.07) is 16.4. The van der Waals surface area contributed by atoms with Crippen molar-refractivity contribution in [2.24, 2.45) is 0 Å². The fourth-order valence-corrected chi connectivity index (χ4v) is 2.58. The molecule has 0 saturated heterocycles. The second kappa shape index (κ2) is 7.15. The summed E-state index contributed by atoms with van der Waals surface area (Å²) in [5.41, 5.74) is 4.31. The van der Waals surface area contributed by atoms with E-state index in [-0.39, 0.29) is 0 Å². The Kier molecular flexibility index (Phi) is 4.78. The maximum absolute atomic E-state index is 5.57. The van der Waals surface area contributed by atoms with Gasteiger partial charge in [-0.25, -0.2) is 0 Å². The molecule has 3 rings (SSSR count). The summed E-state index contributed by atoms with van der Waals surface area (Å²) in [5, 5.41) is 6.02. The molecule has 1 aromatic heterocycles. The first-order valence-electron chi connectivity index (χ1n) is 6.96. The third kappa shape index (κ3) is 3.50. The average Bonchev–Trinajstić information content (AvgIpc) is 3.11. The second-order valence-electron chi connectivity index (χ2n) is 4.73. The summed E-state index contributed by atoms with van der Waals surface area (Å²) < 4.78 is 14.4. The standard InChI is InChI=1S/C17H16N2O2S/c1-20-10-11-21-16-8-6-14(7-9-16)13-2-4-15(5-3-13)17-12-22-19-18-17/h2-9,12H,10-11H2,1H3. The van der Waals surface area contributed by atoms with Crippen molar-refractivity contribution in [2.45, 2.75) is 0 Å². The Morgan fingerprint density at radius 2 is 1.50 bits per heavy atom. The van der Waals surface area contributed by atoms with Gasteiger partial charge in [0.1, 0.15) is 18.1 Å². The number of aromatic nitrogens is 2. The molecule has 0 spiro atoms. The largest absolute Gasteiger partial charge is 0.491 e. The molecule has 2 aromatic carbocycles. The van der Waals surface area contributed by atoms with Gasteiger partial charge in [-0.15, -0.1) is 5.10 Å². The first kappa shape index (κ1) is 14.7. The number of methoxy groups -OCH3 is 1. The molecule has 0 saturated carbocycles. The van der Waals surface area contributed by atoms with Crippen LogP contribution in [0.5, 0.6) is 5.75 Å². The SMILES string of the molecule is COCCOc1ccc(-c2ccc(-c3csnn3)cc2)cc1. The molecule has 112 valence electrons. The first-order chi connectivity index (χ1) is 10.9. The first-order valence-corrected chi connectivity index (χ1v) is 7.80. The smallest absolute Gasteiger partial charge is 0.119 e. The maximum atomic E-state index is 5.57. The van der Waals surface area contributed by atoms with Gasteiger partial charge in [0, 0.05) is 18.1 Å². The lowest BCUT2D eigenvalue weighted by Crippen LogP contribution is -2.03. The molecule has 4 nitrogen and oxygen atoms in total. The third-order valence-corrected chi connectivity index (χ3v) is 3.79. The zero-order valence-electron chi connectivity index (χ0n) is 12.2. The summed E-state index contributed by atoms with van der Waals surface area (Å²) >= 11 is 1.36. The summed E-state index contributed by atoms with van der Waals surface area (Å²) in [4.78, 5) is 0. The molecule has 3 aromatic rings. The van der Waals surface area contributed by atoms with Crippen molar-refractivity contribution < 1.29 is 9.47 Å². The van der Waals surface area contributed by atoms with E-state index >= 15 is 0 Å². The fraction of sp³-hybridized carbons (Fsp3) is 0.176. The lowest BCUT2D eigenvalue weighted by Gasteiger charge is -2.07. The van der Waals surface area contributed by atoms with E-state index in [0.717, 1.165) is 28.1 Å². The van der Waals surface area contributed by atoms with Gasteiger partial charge >= 0.3 is 0 Å². The van der Waals surface area contributed by atoms with Gasteiger partial charge in [-0.3, -0.25) is 0 Å². The van der Waals surface area contributed by atoms with E-state index in [9.17, 15) is 0 Å². The van der Waals surface area contributed by atoms with E-state index in [2.05, 4.69) is 46.0 Å². The minimum absolute atomic E-state index is 0.562. The number of ether oxygens (including phenoxy) is 2. The maximum Gasteiger partial charge on any atom is 0.119 e. The Hall–Kier alpha value is -2.24. The van der Waals surface area contributed by atoms with Crippen LogP contribution in [0.1, 0.15) is 0 Å².